The van der Waals surface area contributed by atoms with Crippen LogP contribution in [0.3, 0.4) is 0 Å². The Kier molecular flexibility index (Phi) is 5.36. The fraction of sp³-hybridized carbons (Fsp3) is 0.217. The van der Waals surface area contributed by atoms with E-state index in [9.17, 15) is 8.78 Å². The molecule has 26 heavy (non-hydrogen) atoms. The molecule has 3 rings (SSSR count). The third-order valence-electron chi connectivity index (χ3n) is 4.57. The first kappa shape index (κ1) is 18.1. The van der Waals surface area contributed by atoms with E-state index in [1.807, 2.05) is 25.1 Å². The molecule has 0 amide bonds. The van der Waals surface area contributed by atoms with Gasteiger partial charge in [0, 0.05) is 0 Å². The van der Waals surface area contributed by atoms with Crippen molar-refractivity contribution in [3.63, 3.8) is 0 Å². The van der Waals surface area contributed by atoms with Crippen LogP contribution in [0.25, 0.3) is 22.3 Å². The number of hydrogen-bond donors (Lipinski definition) is 0. The zero-order chi connectivity index (χ0) is 18.7. The fourth-order valence-corrected chi connectivity index (χ4v) is 3.23. The number of rotatable bonds is 5. The molecule has 0 aromatic heterocycles. The topological polar surface area (TPSA) is 9.23 Å². The van der Waals surface area contributed by atoms with E-state index in [0.29, 0.717) is 5.56 Å². The first-order valence-corrected chi connectivity index (χ1v) is 8.77. The lowest BCUT2D eigenvalue weighted by Crippen LogP contribution is -1.95. The minimum absolute atomic E-state index is 0.352. The first-order chi connectivity index (χ1) is 12.5. The summed E-state index contributed by atoms with van der Waals surface area (Å²) in [5.41, 5.74) is 5.81. The number of benzene rings is 3. The van der Waals surface area contributed by atoms with Crippen molar-refractivity contribution in [1.82, 2.24) is 0 Å². The second kappa shape index (κ2) is 7.69. The van der Waals surface area contributed by atoms with E-state index < -0.39 is 11.6 Å². The van der Waals surface area contributed by atoms with Crippen LogP contribution in [0, 0.1) is 18.6 Å². The maximum absolute atomic E-state index is 14.0. The van der Waals surface area contributed by atoms with Gasteiger partial charge >= 0.3 is 0 Å². The van der Waals surface area contributed by atoms with Crippen LogP contribution in [0.5, 0.6) is 5.75 Å². The van der Waals surface area contributed by atoms with Gasteiger partial charge in [-0.25, -0.2) is 8.78 Å². The monoisotopic (exact) mass is 352 g/mol. The summed E-state index contributed by atoms with van der Waals surface area (Å²) < 4.78 is 32.8. The molecule has 1 nitrogen and oxygen atoms in total. The maximum Gasteiger partial charge on any atom is 0.190 e. The Bertz CT molecular complexity index is 891. The standard InChI is InChI=1S/C23H22F2O/c1-4-5-16-6-8-17(9-7-16)18-10-11-20(15(2)12-18)19-13-21(24)23(26-3)22(25)14-19/h6-14H,4-5H2,1-3H3. The molecule has 0 spiro atoms. The predicted molar refractivity (Wildman–Crippen MR) is 103 cm³/mol. The van der Waals surface area contributed by atoms with Gasteiger partial charge in [0.25, 0.3) is 0 Å². The summed E-state index contributed by atoms with van der Waals surface area (Å²) in [6, 6.07) is 17.1. The largest absolute Gasteiger partial charge is 0.491 e. The molecule has 0 bridgehead atoms. The van der Waals surface area contributed by atoms with Crippen molar-refractivity contribution >= 4 is 0 Å². The van der Waals surface area contributed by atoms with Crippen LogP contribution in [0.2, 0.25) is 0 Å². The van der Waals surface area contributed by atoms with Gasteiger partial charge < -0.3 is 4.74 Å². The van der Waals surface area contributed by atoms with Gasteiger partial charge in [-0.05, 0) is 58.9 Å². The number of methoxy groups -OCH3 is 1. The van der Waals surface area contributed by atoms with E-state index in [2.05, 4.69) is 31.2 Å². The molecule has 0 saturated heterocycles. The van der Waals surface area contributed by atoms with E-state index in [1.54, 1.807) is 0 Å². The second-order valence-electron chi connectivity index (χ2n) is 6.45. The molecule has 0 aliphatic rings. The molecule has 0 saturated carbocycles. The average Bonchev–Trinajstić information content (AvgIpc) is 2.62. The summed E-state index contributed by atoms with van der Waals surface area (Å²) in [7, 11) is 1.26. The van der Waals surface area contributed by atoms with Crippen LogP contribution in [0.15, 0.2) is 54.6 Å². The van der Waals surface area contributed by atoms with Crippen LogP contribution in [0.4, 0.5) is 8.78 Å². The van der Waals surface area contributed by atoms with E-state index >= 15 is 0 Å². The van der Waals surface area contributed by atoms with Crippen molar-refractivity contribution in [2.24, 2.45) is 0 Å². The molecule has 0 atom stereocenters. The van der Waals surface area contributed by atoms with Crippen LogP contribution < -0.4 is 4.74 Å². The SMILES string of the molecule is CCCc1ccc(-c2ccc(-c3cc(F)c(OC)c(F)c3)c(C)c2)cc1. The van der Waals surface area contributed by atoms with Crippen LogP contribution in [0.1, 0.15) is 24.5 Å². The van der Waals surface area contributed by atoms with Crippen molar-refractivity contribution in [3.8, 4) is 28.0 Å². The zero-order valence-corrected chi connectivity index (χ0v) is 15.3. The molecule has 0 aliphatic carbocycles. The third-order valence-corrected chi connectivity index (χ3v) is 4.57. The fourth-order valence-electron chi connectivity index (χ4n) is 3.23. The Morgan fingerprint density at radius 2 is 1.42 bits per heavy atom. The number of ether oxygens (including phenoxy) is 1. The van der Waals surface area contributed by atoms with Gasteiger partial charge in [-0.15, -0.1) is 0 Å². The highest BCUT2D eigenvalue weighted by Gasteiger charge is 2.14. The number of aryl methyl sites for hydroxylation is 2. The Labute approximate surface area is 153 Å². The lowest BCUT2D eigenvalue weighted by atomic mass is 9.95. The van der Waals surface area contributed by atoms with E-state index in [1.165, 1.54) is 24.8 Å². The molecule has 3 heteroatoms. The van der Waals surface area contributed by atoms with Gasteiger partial charge in [-0.3, -0.25) is 0 Å². The van der Waals surface area contributed by atoms with E-state index in [4.69, 9.17) is 4.74 Å². The van der Waals surface area contributed by atoms with Gasteiger partial charge in [0.2, 0.25) is 0 Å². The molecule has 0 heterocycles. The highest BCUT2D eigenvalue weighted by atomic mass is 19.1. The minimum Gasteiger partial charge on any atom is -0.491 e. The highest BCUT2D eigenvalue weighted by molar-refractivity contribution is 5.74. The summed E-state index contributed by atoms with van der Waals surface area (Å²) in [5.74, 6) is -1.75. The molecule has 3 aromatic carbocycles. The summed E-state index contributed by atoms with van der Waals surface area (Å²) in [6.07, 6.45) is 2.20. The lowest BCUT2D eigenvalue weighted by molar-refractivity contribution is 0.360. The van der Waals surface area contributed by atoms with Crippen LogP contribution >= 0.6 is 0 Å². The number of hydrogen-bond acceptors (Lipinski definition) is 1. The summed E-state index contributed by atoms with van der Waals surface area (Å²) >= 11 is 0. The summed E-state index contributed by atoms with van der Waals surface area (Å²) in [6.45, 7) is 4.12. The van der Waals surface area contributed by atoms with Gasteiger partial charge in [-0.1, -0.05) is 55.8 Å². The maximum atomic E-state index is 14.0. The Morgan fingerprint density at radius 1 is 0.808 bits per heavy atom. The van der Waals surface area contributed by atoms with Gasteiger partial charge in [0.05, 0.1) is 7.11 Å². The van der Waals surface area contributed by atoms with Crippen LogP contribution in [-0.2, 0) is 6.42 Å². The Morgan fingerprint density at radius 3 is 1.96 bits per heavy atom. The molecule has 3 aromatic rings. The predicted octanol–water partition coefficient (Wildman–Crippen LogP) is 6.57. The summed E-state index contributed by atoms with van der Waals surface area (Å²) in [5, 5.41) is 0. The van der Waals surface area contributed by atoms with Crippen molar-refractivity contribution in [2.75, 3.05) is 7.11 Å². The summed E-state index contributed by atoms with van der Waals surface area (Å²) in [4.78, 5) is 0. The smallest absolute Gasteiger partial charge is 0.190 e. The van der Waals surface area contributed by atoms with E-state index in [-0.39, 0.29) is 5.75 Å². The van der Waals surface area contributed by atoms with Gasteiger partial charge in [0.1, 0.15) is 0 Å². The molecular formula is C23H22F2O. The van der Waals surface area contributed by atoms with Crippen molar-refractivity contribution in [2.45, 2.75) is 26.7 Å². The van der Waals surface area contributed by atoms with Crippen molar-refractivity contribution in [3.05, 3.63) is 77.4 Å². The molecule has 0 fully saturated rings. The molecule has 0 radical (unpaired) electrons. The Hall–Kier alpha value is -2.68. The van der Waals surface area contributed by atoms with E-state index in [0.717, 1.165) is 35.1 Å². The molecule has 0 unspecified atom stereocenters. The first-order valence-electron chi connectivity index (χ1n) is 8.77. The average molecular weight is 352 g/mol. The normalized spacial score (nSPS) is 10.8. The van der Waals surface area contributed by atoms with Gasteiger partial charge in [-0.2, -0.15) is 0 Å². The van der Waals surface area contributed by atoms with Crippen molar-refractivity contribution < 1.29 is 13.5 Å². The number of halogens is 2. The lowest BCUT2D eigenvalue weighted by Gasteiger charge is -2.12. The molecule has 0 N–H and O–H groups in total. The Balaban J connectivity index is 1.95. The highest BCUT2D eigenvalue weighted by Crippen LogP contribution is 2.32. The molecule has 134 valence electrons. The van der Waals surface area contributed by atoms with Crippen LogP contribution in [-0.4, -0.2) is 7.11 Å². The quantitative estimate of drug-likeness (QED) is 0.505. The second-order valence-corrected chi connectivity index (χ2v) is 6.45. The zero-order valence-electron chi connectivity index (χ0n) is 15.3. The van der Waals surface area contributed by atoms with Crippen molar-refractivity contribution in [1.29, 1.82) is 0 Å². The molecular weight excluding hydrogens is 330 g/mol. The minimum atomic E-state index is -0.697. The van der Waals surface area contributed by atoms with Gasteiger partial charge in [0.15, 0.2) is 17.4 Å². The molecule has 0 aliphatic heterocycles. The third kappa shape index (κ3) is 3.62.